The van der Waals surface area contributed by atoms with E-state index in [9.17, 15) is 9.59 Å². The highest BCUT2D eigenvalue weighted by Crippen LogP contribution is 2.10. The molecule has 0 bridgehead atoms. The van der Waals surface area contributed by atoms with Crippen LogP contribution in [-0.4, -0.2) is 24.4 Å². The minimum absolute atomic E-state index is 0.0278. The highest BCUT2D eigenvalue weighted by molar-refractivity contribution is 6.17. The van der Waals surface area contributed by atoms with Crippen molar-refractivity contribution in [3.63, 3.8) is 0 Å². The number of carbonyl (C=O) groups excluding carboxylic acids is 2. The lowest BCUT2D eigenvalue weighted by molar-refractivity contribution is -0.147. The number of unbranched alkanes of at least 4 members (excludes halogenated alkanes) is 3. The molecule has 0 fully saturated rings. The van der Waals surface area contributed by atoms with E-state index in [1.165, 1.54) is 0 Å². The molecule has 0 saturated carbocycles. The molecule has 0 heterocycles. The second-order valence-corrected chi connectivity index (χ2v) is 4.99. The van der Waals surface area contributed by atoms with Gasteiger partial charge in [0.2, 0.25) is 0 Å². The van der Waals surface area contributed by atoms with Gasteiger partial charge in [-0.05, 0) is 25.0 Å². The number of esters is 2. The maximum Gasteiger partial charge on any atom is 0.311 e. The van der Waals surface area contributed by atoms with Gasteiger partial charge in [-0.1, -0.05) is 31.0 Å². The van der Waals surface area contributed by atoms with E-state index in [2.05, 4.69) is 0 Å². The highest BCUT2D eigenvalue weighted by Gasteiger charge is 2.09. The first kappa shape index (κ1) is 17.5. The molecule has 0 aliphatic heterocycles. The molecule has 1 aromatic carbocycles. The van der Waals surface area contributed by atoms with Gasteiger partial charge in [-0.3, -0.25) is 9.59 Å². The molecule has 0 aromatic heterocycles. The van der Waals surface area contributed by atoms with Crippen molar-refractivity contribution >= 4 is 23.5 Å². The first-order chi connectivity index (χ1) is 10.2. The number of ether oxygens (including phenoxy) is 2. The Balaban J connectivity index is 2.05. The third kappa shape index (κ3) is 9.08. The van der Waals surface area contributed by atoms with Gasteiger partial charge < -0.3 is 9.47 Å². The summed E-state index contributed by atoms with van der Waals surface area (Å²) in [6.07, 6.45) is 3.94. The summed E-state index contributed by atoms with van der Waals surface area (Å²) in [5.41, 5.74) is 0. The van der Waals surface area contributed by atoms with Gasteiger partial charge in [-0.15, -0.1) is 11.6 Å². The number of alkyl halides is 1. The van der Waals surface area contributed by atoms with Crippen molar-refractivity contribution in [2.75, 3.05) is 12.5 Å². The number of carbonyl (C=O) groups is 2. The summed E-state index contributed by atoms with van der Waals surface area (Å²) in [6.45, 7) is 0.398. The van der Waals surface area contributed by atoms with Crippen molar-refractivity contribution in [1.29, 1.82) is 0 Å². The zero-order chi connectivity index (χ0) is 15.3. The Bertz CT molecular complexity index is 420. The van der Waals surface area contributed by atoms with Crippen LogP contribution in [0.25, 0.3) is 0 Å². The van der Waals surface area contributed by atoms with Gasteiger partial charge in [-0.25, -0.2) is 0 Å². The molecule has 0 unspecified atom stereocenters. The van der Waals surface area contributed by atoms with E-state index in [0.29, 0.717) is 18.2 Å². The van der Waals surface area contributed by atoms with Crippen LogP contribution in [0.5, 0.6) is 5.75 Å². The fraction of sp³-hybridized carbons (Fsp3) is 0.500. The Morgan fingerprint density at radius 3 is 2.29 bits per heavy atom. The van der Waals surface area contributed by atoms with Crippen LogP contribution >= 0.6 is 11.6 Å². The molecule has 4 nitrogen and oxygen atoms in total. The van der Waals surface area contributed by atoms with Gasteiger partial charge in [0, 0.05) is 5.88 Å². The summed E-state index contributed by atoms with van der Waals surface area (Å²) >= 11 is 5.56. The predicted octanol–water partition coefficient (Wildman–Crippen LogP) is 3.71. The van der Waals surface area contributed by atoms with E-state index in [-0.39, 0.29) is 18.8 Å². The topological polar surface area (TPSA) is 52.6 Å². The van der Waals surface area contributed by atoms with Crippen LogP contribution < -0.4 is 4.74 Å². The van der Waals surface area contributed by atoms with Crippen LogP contribution in [0.2, 0.25) is 0 Å². The van der Waals surface area contributed by atoms with Gasteiger partial charge in [0.15, 0.2) is 0 Å². The SMILES string of the molecule is O=C(CCC(=O)Oc1ccccc1)OCCCCCCCl. The van der Waals surface area contributed by atoms with E-state index in [4.69, 9.17) is 21.1 Å². The number of hydrogen-bond donors (Lipinski definition) is 0. The number of halogens is 1. The zero-order valence-corrected chi connectivity index (χ0v) is 12.8. The Hall–Kier alpha value is -1.55. The predicted molar refractivity (Wildman–Crippen MR) is 81.5 cm³/mol. The van der Waals surface area contributed by atoms with Gasteiger partial charge in [0.1, 0.15) is 5.75 Å². The minimum Gasteiger partial charge on any atom is -0.466 e. The second-order valence-electron chi connectivity index (χ2n) is 4.61. The number of rotatable bonds is 10. The van der Waals surface area contributed by atoms with E-state index >= 15 is 0 Å². The maximum absolute atomic E-state index is 11.5. The van der Waals surface area contributed by atoms with Crippen LogP contribution in [0.4, 0.5) is 0 Å². The Labute approximate surface area is 130 Å². The molecular weight excluding hydrogens is 292 g/mol. The lowest BCUT2D eigenvalue weighted by Crippen LogP contribution is -2.12. The van der Waals surface area contributed by atoms with Crippen molar-refractivity contribution in [1.82, 2.24) is 0 Å². The molecular formula is C16H21ClO4. The van der Waals surface area contributed by atoms with Gasteiger partial charge in [-0.2, -0.15) is 0 Å². The minimum atomic E-state index is -0.430. The van der Waals surface area contributed by atoms with Crippen molar-refractivity contribution in [2.45, 2.75) is 38.5 Å². The van der Waals surface area contributed by atoms with E-state index in [1.54, 1.807) is 24.3 Å². The van der Waals surface area contributed by atoms with Gasteiger partial charge in [0.05, 0.1) is 19.4 Å². The highest BCUT2D eigenvalue weighted by atomic mass is 35.5. The number of hydrogen-bond acceptors (Lipinski definition) is 4. The molecule has 1 rings (SSSR count). The molecule has 0 spiro atoms. The lowest BCUT2D eigenvalue weighted by atomic mass is 10.2. The summed E-state index contributed by atoms with van der Waals surface area (Å²) in [6, 6.07) is 8.78. The van der Waals surface area contributed by atoms with E-state index < -0.39 is 5.97 Å². The van der Waals surface area contributed by atoms with Crippen molar-refractivity contribution in [2.24, 2.45) is 0 Å². The lowest BCUT2D eigenvalue weighted by Gasteiger charge is -2.05. The Morgan fingerprint density at radius 2 is 1.57 bits per heavy atom. The Kier molecular flexibility index (Phi) is 9.29. The van der Waals surface area contributed by atoms with Crippen LogP contribution in [0, 0.1) is 0 Å². The third-order valence-corrected chi connectivity index (χ3v) is 3.07. The zero-order valence-electron chi connectivity index (χ0n) is 12.1. The average Bonchev–Trinajstić information content (AvgIpc) is 2.50. The average molecular weight is 313 g/mol. The monoisotopic (exact) mass is 312 g/mol. The summed E-state index contributed by atoms with van der Waals surface area (Å²) in [7, 11) is 0. The number of para-hydroxylation sites is 1. The summed E-state index contributed by atoms with van der Waals surface area (Å²) in [5, 5.41) is 0. The van der Waals surface area contributed by atoms with Gasteiger partial charge >= 0.3 is 11.9 Å². The smallest absolute Gasteiger partial charge is 0.311 e. The van der Waals surface area contributed by atoms with Crippen LogP contribution in [0.3, 0.4) is 0 Å². The summed E-state index contributed by atoms with van der Waals surface area (Å²) in [5.74, 6) is 0.358. The van der Waals surface area contributed by atoms with Crippen LogP contribution in [-0.2, 0) is 14.3 Å². The molecule has 0 aliphatic carbocycles. The number of benzene rings is 1. The van der Waals surface area contributed by atoms with Crippen LogP contribution in [0.1, 0.15) is 38.5 Å². The molecule has 0 atom stereocenters. The molecule has 0 aliphatic rings. The summed E-state index contributed by atoms with van der Waals surface area (Å²) < 4.78 is 10.1. The third-order valence-electron chi connectivity index (χ3n) is 2.80. The molecule has 1 aromatic rings. The maximum atomic E-state index is 11.5. The van der Waals surface area contributed by atoms with Crippen molar-refractivity contribution in [3.05, 3.63) is 30.3 Å². The first-order valence-electron chi connectivity index (χ1n) is 7.19. The van der Waals surface area contributed by atoms with Crippen LogP contribution in [0.15, 0.2) is 30.3 Å². The quantitative estimate of drug-likeness (QED) is 0.286. The fourth-order valence-electron chi connectivity index (χ4n) is 1.68. The molecule has 0 amide bonds. The normalized spacial score (nSPS) is 10.1. The molecule has 21 heavy (non-hydrogen) atoms. The fourth-order valence-corrected chi connectivity index (χ4v) is 1.87. The largest absolute Gasteiger partial charge is 0.466 e. The first-order valence-corrected chi connectivity index (χ1v) is 7.73. The standard InChI is InChI=1S/C16H21ClO4/c17-12-6-1-2-7-13-20-15(18)10-11-16(19)21-14-8-4-3-5-9-14/h3-5,8-9H,1-2,6-7,10-13H2. The van der Waals surface area contributed by atoms with E-state index in [0.717, 1.165) is 25.7 Å². The Morgan fingerprint density at radius 1 is 0.905 bits per heavy atom. The van der Waals surface area contributed by atoms with E-state index in [1.807, 2.05) is 6.07 Å². The molecule has 5 heteroatoms. The van der Waals surface area contributed by atoms with Crippen molar-refractivity contribution in [3.8, 4) is 5.75 Å². The second kappa shape index (κ2) is 11.1. The summed E-state index contributed by atoms with van der Waals surface area (Å²) in [4.78, 5) is 23.0. The molecule has 116 valence electrons. The molecule has 0 radical (unpaired) electrons. The molecule has 0 saturated heterocycles. The molecule has 0 N–H and O–H groups in total. The van der Waals surface area contributed by atoms with Gasteiger partial charge in [0.25, 0.3) is 0 Å². The van der Waals surface area contributed by atoms with Crippen molar-refractivity contribution < 1.29 is 19.1 Å².